The standard InChI is InChI=1S/C17H19F2N/c1-3-12-6-5-7-13(8-12)17(20-4-2)14-9-15(18)11-16(19)10-14/h5-11,17,20H,3-4H2,1-2H3. The van der Waals surface area contributed by atoms with Crippen molar-refractivity contribution in [3.05, 3.63) is 70.8 Å². The Bertz CT molecular complexity index is 561. The minimum absolute atomic E-state index is 0.198. The van der Waals surface area contributed by atoms with E-state index >= 15 is 0 Å². The van der Waals surface area contributed by atoms with Gasteiger partial charge in [0.1, 0.15) is 11.6 Å². The van der Waals surface area contributed by atoms with Crippen molar-refractivity contribution >= 4 is 0 Å². The Morgan fingerprint density at radius 2 is 1.65 bits per heavy atom. The van der Waals surface area contributed by atoms with Gasteiger partial charge in [-0.3, -0.25) is 0 Å². The van der Waals surface area contributed by atoms with Crippen LogP contribution in [0.5, 0.6) is 0 Å². The van der Waals surface area contributed by atoms with E-state index < -0.39 is 11.6 Å². The molecule has 0 heterocycles. The quantitative estimate of drug-likeness (QED) is 0.861. The van der Waals surface area contributed by atoms with Gasteiger partial charge >= 0.3 is 0 Å². The Balaban J connectivity index is 2.43. The van der Waals surface area contributed by atoms with Gasteiger partial charge < -0.3 is 5.32 Å². The van der Waals surface area contributed by atoms with Crippen LogP contribution >= 0.6 is 0 Å². The highest BCUT2D eigenvalue weighted by Gasteiger charge is 2.15. The van der Waals surface area contributed by atoms with Crippen LogP contribution in [-0.4, -0.2) is 6.54 Å². The van der Waals surface area contributed by atoms with Crippen molar-refractivity contribution in [1.82, 2.24) is 5.32 Å². The Kier molecular flexibility index (Phi) is 4.85. The molecule has 106 valence electrons. The molecule has 0 aliphatic carbocycles. The predicted octanol–water partition coefficient (Wildman–Crippen LogP) is 4.23. The second-order valence-corrected chi connectivity index (χ2v) is 4.79. The van der Waals surface area contributed by atoms with Crippen LogP contribution in [0.4, 0.5) is 8.78 Å². The molecule has 0 saturated carbocycles. The highest BCUT2D eigenvalue weighted by molar-refractivity contribution is 5.35. The number of benzene rings is 2. The van der Waals surface area contributed by atoms with Crippen LogP contribution in [0.15, 0.2) is 42.5 Å². The van der Waals surface area contributed by atoms with Crippen molar-refractivity contribution in [1.29, 1.82) is 0 Å². The van der Waals surface area contributed by atoms with Crippen LogP contribution in [0.2, 0.25) is 0 Å². The zero-order valence-electron chi connectivity index (χ0n) is 11.8. The lowest BCUT2D eigenvalue weighted by Gasteiger charge is -2.20. The Hall–Kier alpha value is -1.74. The average Bonchev–Trinajstić information content (AvgIpc) is 2.43. The van der Waals surface area contributed by atoms with Crippen LogP contribution in [-0.2, 0) is 6.42 Å². The Morgan fingerprint density at radius 1 is 0.950 bits per heavy atom. The molecule has 2 rings (SSSR count). The van der Waals surface area contributed by atoms with Crippen molar-refractivity contribution in [3.63, 3.8) is 0 Å². The summed E-state index contributed by atoms with van der Waals surface area (Å²) in [6.07, 6.45) is 0.935. The summed E-state index contributed by atoms with van der Waals surface area (Å²) in [5.74, 6) is -1.09. The van der Waals surface area contributed by atoms with Crippen LogP contribution in [0.3, 0.4) is 0 Å². The maximum atomic E-state index is 13.4. The maximum Gasteiger partial charge on any atom is 0.126 e. The van der Waals surface area contributed by atoms with Crippen LogP contribution in [0.25, 0.3) is 0 Å². The van der Waals surface area contributed by atoms with E-state index in [2.05, 4.69) is 24.4 Å². The maximum absolute atomic E-state index is 13.4. The molecule has 0 bridgehead atoms. The highest BCUT2D eigenvalue weighted by Crippen LogP contribution is 2.24. The lowest BCUT2D eigenvalue weighted by Crippen LogP contribution is -2.22. The van der Waals surface area contributed by atoms with Gasteiger partial charge in [0.05, 0.1) is 6.04 Å². The van der Waals surface area contributed by atoms with Gasteiger partial charge in [-0.1, -0.05) is 38.1 Å². The van der Waals surface area contributed by atoms with Crippen molar-refractivity contribution in [2.75, 3.05) is 6.54 Å². The number of nitrogens with one attached hydrogen (secondary N) is 1. The van der Waals surface area contributed by atoms with Crippen molar-refractivity contribution in [2.24, 2.45) is 0 Å². The molecular weight excluding hydrogens is 256 g/mol. The fraction of sp³-hybridized carbons (Fsp3) is 0.294. The first-order valence-electron chi connectivity index (χ1n) is 6.92. The second kappa shape index (κ2) is 6.62. The van der Waals surface area contributed by atoms with Crippen molar-refractivity contribution < 1.29 is 8.78 Å². The highest BCUT2D eigenvalue weighted by atomic mass is 19.1. The molecule has 0 fully saturated rings. The van der Waals surface area contributed by atoms with E-state index in [4.69, 9.17) is 0 Å². The predicted molar refractivity (Wildman–Crippen MR) is 77.7 cm³/mol. The largest absolute Gasteiger partial charge is 0.307 e. The summed E-state index contributed by atoms with van der Waals surface area (Å²) in [6, 6.07) is 11.6. The summed E-state index contributed by atoms with van der Waals surface area (Å²) in [5, 5.41) is 3.29. The summed E-state index contributed by atoms with van der Waals surface area (Å²) in [6.45, 7) is 4.79. The Labute approximate surface area is 118 Å². The van der Waals surface area contributed by atoms with Crippen LogP contribution in [0.1, 0.15) is 36.6 Å². The normalized spacial score (nSPS) is 12.4. The molecule has 0 radical (unpaired) electrons. The van der Waals surface area contributed by atoms with E-state index in [1.54, 1.807) is 0 Å². The Morgan fingerprint density at radius 3 is 2.25 bits per heavy atom. The molecule has 0 aliphatic heterocycles. The molecule has 0 saturated heterocycles. The fourth-order valence-electron chi connectivity index (χ4n) is 2.37. The third-order valence-corrected chi connectivity index (χ3v) is 3.32. The van der Waals surface area contributed by atoms with E-state index in [0.717, 1.165) is 24.6 Å². The number of halogens is 2. The molecular formula is C17H19F2N. The van der Waals surface area contributed by atoms with E-state index in [1.807, 2.05) is 19.1 Å². The van der Waals surface area contributed by atoms with Gasteiger partial charge in [-0.05, 0) is 41.8 Å². The minimum Gasteiger partial charge on any atom is -0.307 e. The number of aryl methyl sites for hydroxylation is 1. The smallest absolute Gasteiger partial charge is 0.126 e. The molecule has 0 amide bonds. The van der Waals surface area contributed by atoms with Gasteiger partial charge in [0.15, 0.2) is 0 Å². The van der Waals surface area contributed by atoms with Crippen LogP contribution in [0, 0.1) is 11.6 Å². The average molecular weight is 275 g/mol. The second-order valence-electron chi connectivity index (χ2n) is 4.79. The molecule has 2 aromatic carbocycles. The van der Waals surface area contributed by atoms with E-state index in [-0.39, 0.29) is 6.04 Å². The monoisotopic (exact) mass is 275 g/mol. The molecule has 1 atom stereocenters. The molecule has 0 aromatic heterocycles. The number of hydrogen-bond acceptors (Lipinski definition) is 1. The first-order valence-corrected chi connectivity index (χ1v) is 6.92. The van der Waals surface area contributed by atoms with E-state index in [0.29, 0.717) is 5.56 Å². The lowest BCUT2D eigenvalue weighted by atomic mass is 9.96. The number of rotatable bonds is 5. The molecule has 0 aliphatic rings. The van der Waals surface area contributed by atoms with Gasteiger partial charge in [-0.2, -0.15) is 0 Å². The van der Waals surface area contributed by atoms with Crippen molar-refractivity contribution in [2.45, 2.75) is 26.3 Å². The van der Waals surface area contributed by atoms with E-state index in [9.17, 15) is 8.78 Å². The molecule has 2 aromatic rings. The molecule has 3 heteroatoms. The third-order valence-electron chi connectivity index (χ3n) is 3.32. The molecule has 1 nitrogen and oxygen atoms in total. The summed E-state index contributed by atoms with van der Waals surface area (Å²) >= 11 is 0. The minimum atomic E-state index is -0.547. The SMILES string of the molecule is CCNC(c1cc(F)cc(F)c1)c1cccc(CC)c1. The third kappa shape index (κ3) is 3.42. The number of hydrogen-bond donors (Lipinski definition) is 1. The molecule has 0 spiro atoms. The van der Waals surface area contributed by atoms with Gasteiger partial charge in [0, 0.05) is 6.07 Å². The van der Waals surface area contributed by atoms with Crippen LogP contribution < -0.4 is 5.32 Å². The summed E-state index contributed by atoms with van der Waals surface area (Å²) in [7, 11) is 0. The fourth-order valence-corrected chi connectivity index (χ4v) is 2.37. The topological polar surface area (TPSA) is 12.0 Å². The first kappa shape index (κ1) is 14.7. The van der Waals surface area contributed by atoms with Gasteiger partial charge in [-0.15, -0.1) is 0 Å². The molecule has 1 N–H and O–H groups in total. The van der Waals surface area contributed by atoms with Crippen molar-refractivity contribution in [3.8, 4) is 0 Å². The summed E-state index contributed by atoms with van der Waals surface area (Å²) in [4.78, 5) is 0. The van der Waals surface area contributed by atoms with Gasteiger partial charge in [0.25, 0.3) is 0 Å². The lowest BCUT2D eigenvalue weighted by molar-refractivity contribution is 0.565. The summed E-state index contributed by atoms with van der Waals surface area (Å²) in [5.41, 5.74) is 2.84. The molecule has 1 unspecified atom stereocenters. The van der Waals surface area contributed by atoms with Gasteiger partial charge in [0.2, 0.25) is 0 Å². The molecule has 20 heavy (non-hydrogen) atoms. The summed E-state index contributed by atoms with van der Waals surface area (Å²) < 4.78 is 26.8. The van der Waals surface area contributed by atoms with Gasteiger partial charge in [-0.25, -0.2) is 8.78 Å². The zero-order valence-corrected chi connectivity index (χ0v) is 11.8. The van der Waals surface area contributed by atoms with E-state index in [1.165, 1.54) is 17.7 Å². The zero-order chi connectivity index (χ0) is 14.5. The first-order chi connectivity index (χ1) is 9.63.